The molecule has 0 aliphatic carbocycles. The highest BCUT2D eigenvalue weighted by molar-refractivity contribution is 7.19. The second-order valence-electron chi connectivity index (χ2n) is 4.13. The van der Waals surface area contributed by atoms with Crippen molar-refractivity contribution < 1.29 is 4.52 Å². The molecule has 0 bridgehead atoms. The summed E-state index contributed by atoms with van der Waals surface area (Å²) in [5.74, 6) is 0. The van der Waals surface area contributed by atoms with Gasteiger partial charge in [-0.1, -0.05) is 12.1 Å². The largest absolute Gasteiger partial charge is 0.395 e. The number of hydrogen-bond donors (Lipinski definition) is 1. The van der Waals surface area contributed by atoms with Gasteiger partial charge in [0.15, 0.2) is 0 Å². The van der Waals surface area contributed by atoms with Crippen molar-refractivity contribution in [2.24, 2.45) is 0 Å². The normalized spacial score (nSPS) is 11.8. The minimum Gasteiger partial charge on any atom is -0.395 e. The maximum absolute atomic E-state index is 5.99. The zero-order chi connectivity index (χ0) is 11.7. The van der Waals surface area contributed by atoms with Gasteiger partial charge in [-0.15, -0.1) is 11.3 Å². The Morgan fingerprint density at radius 1 is 1.44 bits per heavy atom. The van der Waals surface area contributed by atoms with Crippen LogP contribution in [0.25, 0.3) is 10.3 Å². The average molecular weight is 239 g/mol. The van der Waals surface area contributed by atoms with E-state index in [1.807, 2.05) is 0 Å². The molecule has 2 rings (SSSR count). The Morgan fingerprint density at radius 3 is 2.81 bits per heavy atom. The van der Waals surface area contributed by atoms with Gasteiger partial charge < -0.3 is 15.2 Å². The summed E-state index contributed by atoms with van der Waals surface area (Å²) in [5.41, 5.74) is 8.56. The lowest BCUT2D eigenvalue weighted by atomic mass is 10.2. The first kappa shape index (κ1) is 11.4. The fraction of sp³-hybridized carbons (Fsp3) is 0.545. The molecule has 88 valence electrons. The van der Waals surface area contributed by atoms with Gasteiger partial charge in [-0.2, -0.15) is 0 Å². The minimum atomic E-state index is 0.770. The standard InChI is InChI=1S/C11H17N3OS/c1-4-8-9(12)10-11(16-8)7(13-15-10)5-6-14(2)3/h4-6,12H2,1-3H3. The third kappa shape index (κ3) is 1.92. The molecule has 2 heterocycles. The van der Waals surface area contributed by atoms with Crippen LogP contribution in [0.5, 0.6) is 0 Å². The van der Waals surface area contributed by atoms with Crippen molar-refractivity contribution in [2.75, 3.05) is 26.4 Å². The predicted octanol–water partition coefficient (Wildman–Crippen LogP) is 2.14. The van der Waals surface area contributed by atoms with Gasteiger partial charge in [-0.3, -0.25) is 0 Å². The molecule has 0 saturated heterocycles. The molecule has 2 aromatic rings. The van der Waals surface area contributed by atoms with Crippen LogP contribution in [-0.4, -0.2) is 30.7 Å². The van der Waals surface area contributed by atoms with Crippen molar-refractivity contribution in [3.63, 3.8) is 0 Å². The molecule has 0 fully saturated rings. The van der Waals surface area contributed by atoms with E-state index in [-0.39, 0.29) is 0 Å². The van der Waals surface area contributed by atoms with E-state index in [1.165, 1.54) is 4.88 Å². The van der Waals surface area contributed by atoms with Crippen LogP contribution in [0.4, 0.5) is 5.69 Å². The first-order chi connectivity index (χ1) is 7.63. The van der Waals surface area contributed by atoms with Crippen molar-refractivity contribution in [1.29, 1.82) is 0 Å². The van der Waals surface area contributed by atoms with Crippen LogP contribution in [-0.2, 0) is 12.8 Å². The van der Waals surface area contributed by atoms with Crippen LogP contribution in [0.3, 0.4) is 0 Å². The topological polar surface area (TPSA) is 55.3 Å². The first-order valence-corrected chi connectivity index (χ1v) is 6.25. The molecule has 4 nitrogen and oxygen atoms in total. The zero-order valence-electron chi connectivity index (χ0n) is 9.91. The summed E-state index contributed by atoms with van der Waals surface area (Å²) in [4.78, 5) is 3.33. The lowest BCUT2D eigenvalue weighted by Crippen LogP contribution is -2.15. The number of hydrogen-bond acceptors (Lipinski definition) is 5. The number of rotatable bonds is 4. The fourth-order valence-corrected chi connectivity index (χ4v) is 2.74. The summed E-state index contributed by atoms with van der Waals surface area (Å²) < 4.78 is 6.43. The molecule has 0 aliphatic rings. The predicted molar refractivity (Wildman–Crippen MR) is 67.9 cm³/mol. The summed E-state index contributed by atoms with van der Waals surface area (Å²) in [6.45, 7) is 3.08. The summed E-state index contributed by atoms with van der Waals surface area (Å²) in [5, 5.41) is 4.09. The van der Waals surface area contributed by atoms with Gasteiger partial charge in [-0.25, -0.2) is 0 Å². The van der Waals surface area contributed by atoms with E-state index in [9.17, 15) is 0 Å². The van der Waals surface area contributed by atoms with Gasteiger partial charge in [0, 0.05) is 17.8 Å². The molecule has 0 aromatic carbocycles. The maximum atomic E-state index is 5.99. The van der Waals surface area contributed by atoms with Crippen LogP contribution < -0.4 is 5.73 Å². The van der Waals surface area contributed by atoms with E-state index in [0.29, 0.717) is 0 Å². The molecule has 2 aromatic heterocycles. The van der Waals surface area contributed by atoms with Gasteiger partial charge in [0.05, 0.1) is 10.4 Å². The van der Waals surface area contributed by atoms with E-state index in [1.54, 1.807) is 11.3 Å². The molecule has 0 aliphatic heterocycles. The highest BCUT2D eigenvalue weighted by Crippen LogP contribution is 2.36. The SMILES string of the molecule is CCc1sc2c(CCN(C)C)noc2c1N. The summed E-state index contributed by atoms with van der Waals surface area (Å²) >= 11 is 1.71. The lowest BCUT2D eigenvalue weighted by Gasteiger charge is -2.06. The average Bonchev–Trinajstić information content (AvgIpc) is 2.76. The van der Waals surface area contributed by atoms with E-state index in [4.69, 9.17) is 10.3 Å². The van der Waals surface area contributed by atoms with Gasteiger partial charge in [0.1, 0.15) is 5.69 Å². The van der Waals surface area contributed by atoms with Crippen LogP contribution >= 0.6 is 11.3 Å². The van der Waals surface area contributed by atoms with Crippen LogP contribution in [0.15, 0.2) is 4.52 Å². The van der Waals surface area contributed by atoms with E-state index in [0.717, 1.165) is 41.1 Å². The molecule has 0 atom stereocenters. The molecular formula is C11H17N3OS. The van der Waals surface area contributed by atoms with Crippen molar-refractivity contribution in [3.05, 3.63) is 10.6 Å². The molecule has 0 unspecified atom stereocenters. The Kier molecular flexibility index (Phi) is 3.16. The summed E-state index contributed by atoms with van der Waals surface area (Å²) in [6, 6.07) is 0. The molecule has 16 heavy (non-hydrogen) atoms. The molecular weight excluding hydrogens is 222 g/mol. The Morgan fingerprint density at radius 2 is 2.19 bits per heavy atom. The van der Waals surface area contributed by atoms with Gasteiger partial charge in [0.2, 0.25) is 5.58 Å². The molecule has 0 radical (unpaired) electrons. The number of likely N-dealkylation sites (N-methyl/N-ethyl adjacent to an activating group) is 1. The van der Waals surface area contributed by atoms with E-state index in [2.05, 4.69) is 31.1 Å². The second-order valence-corrected chi connectivity index (χ2v) is 5.24. The third-order valence-corrected chi connectivity index (χ3v) is 3.98. The number of thiophene rings is 1. The van der Waals surface area contributed by atoms with Crippen LogP contribution in [0.1, 0.15) is 17.5 Å². The Bertz CT molecular complexity index is 487. The number of nitrogens with zero attached hydrogens (tertiary/aromatic N) is 2. The van der Waals surface area contributed by atoms with Gasteiger partial charge in [0.25, 0.3) is 0 Å². The smallest absolute Gasteiger partial charge is 0.201 e. The fourth-order valence-electron chi connectivity index (χ4n) is 1.65. The van der Waals surface area contributed by atoms with Gasteiger partial charge in [-0.05, 0) is 20.5 Å². The number of anilines is 1. The van der Waals surface area contributed by atoms with Crippen LogP contribution in [0.2, 0.25) is 0 Å². The Hall–Kier alpha value is -1.07. The van der Waals surface area contributed by atoms with E-state index >= 15 is 0 Å². The number of fused-ring (bicyclic) bond motifs is 1. The van der Waals surface area contributed by atoms with Gasteiger partial charge >= 0.3 is 0 Å². The second kappa shape index (κ2) is 4.43. The Balaban J connectivity index is 2.33. The molecule has 5 heteroatoms. The molecule has 0 spiro atoms. The number of nitrogen functional groups attached to an aromatic ring is 1. The third-order valence-electron chi connectivity index (χ3n) is 2.60. The quantitative estimate of drug-likeness (QED) is 0.888. The van der Waals surface area contributed by atoms with Crippen molar-refractivity contribution in [2.45, 2.75) is 19.8 Å². The van der Waals surface area contributed by atoms with E-state index < -0.39 is 0 Å². The minimum absolute atomic E-state index is 0.770. The maximum Gasteiger partial charge on any atom is 0.201 e. The van der Waals surface area contributed by atoms with Crippen molar-refractivity contribution in [3.8, 4) is 0 Å². The highest BCUT2D eigenvalue weighted by Gasteiger charge is 2.16. The zero-order valence-corrected chi connectivity index (χ0v) is 10.7. The summed E-state index contributed by atoms with van der Waals surface area (Å²) in [7, 11) is 4.11. The first-order valence-electron chi connectivity index (χ1n) is 5.43. The van der Waals surface area contributed by atoms with Crippen LogP contribution in [0, 0.1) is 0 Å². The lowest BCUT2D eigenvalue weighted by molar-refractivity contribution is 0.398. The number of aryl methyl sites for hydroxylation is 1. The molecule has 0 amide bonds. The number of nitrogens with two attached hydrogens (primary N) is 1. The molecule has 2 N–H and O–H groups in total. The monoisotopic (exact) mass is 239 g/mol. The number of aromatic nitrogens is 1. The highest BCUT2D eigenvalue weighted by atomic mass is 32.1. The molecule has 0 saturated carbocycles. The van der Waals surface area contributed by atoms with Crippen molar-refractivity contribution >= 4 is 27.3 Å². The van der Waals surface area contributed by atoms with Crippen molar-refractivity contribution in [1.82, 2.24) is 10.1 Å². The summed E-state index contributed by atoms with van der Waals surface area (Å²) in [6.07, 6.45) is 1.86. The Labute approximate surface area is 99.0 Å².